The van der Waals surface area contributed by atoms with Crippen LogP contribution in [0.25, 0.3) is 0 Å². The first-order valence-corrected chi connectivity index (χ1v) is 31.0. The van der Waals surface area contributed by atoms with E-state index in [0.717, 1.165) is 64.2 Å². The van der Waals surface area contributed by atoms with Gasteiger partial charge in [0.1, 0.15) is 13.2 Å². The largest absolute Gasteiger partial charge is 0.472 e. The van der Waals surface area contributed by atoms with E-state index in [2.05, 4.69) is 55.6 Å². The number of nitrogens with zero attached hydrogens (tertiary/aromatic N) is 1. The predicted octanol–water partition coefficient (Wildman–Crippen LogP) is 17.9. The van der Waals surface area contributed by atoms with Crippen LogP contribution in [0.5, 0.6) is 0 Å². The van der Waals surface area contributed by atoms with Crippen LogP contribution in [0, 0.1) is 0 Å². The fraction of sp³-hybridized carbons (Fsp3) is 0.850. The van der Waals surface area contributed by atoms with Crippen molar-refractivity contribution in [2.24, 2.45) is 0 Å². The Morgan fingerprint density at radius 2 is 0.826 bits per heavy atom. The Hall–Kier alpha value is -1.54. The molecule has 9 heteroatoms. The molecule has 1 amide bonds. The van der Waals surface area contributed by atoms with Crippen molar-refractivity contribution in [2.45, 2.75) is 289 Å². The molecule has 0 saturated heterocycles. The second-order valence-electron chi connectivity index (χ2n) is 21.4. The van der Waals surface area contributed by atoms with Crippen LogP contribution < -0.4 is 5.32 Å². The van der Waals surface area contributed by atoms with E-state index in [1.165, 1.54) is 193 Å². The van der Waals surface area contributed by atoms with E-state index >= 15 is 0 Å². The van der Waals surface area contributed by atoms with Gasteiger partial charge in [0.2, 0.25) is 5.91 Å². The second-order valence-corrected chi connectivity index (χ2v) is 22.8. The van der Waals surface area contributed by atoms with Gasteiger partial charge in [-0.2, -0.15) is 0 Å². The highest BCUT2D eigenvalue weighted by Crippen LogP contribution is 2.43. The van der Waals surface area contributed by atoms with E-state index in [4.69, 9.17) is 9.05 Å². The van der Waals surface area contributed by atoms with E-state index in [9.17, 15) is 19.4 Å². The third kappa shape index (κ3) is 54.1. The zero-order valence-corrected chi connectivity index (χ0v) is 47.2. The number of hydrogen-bond donors (Lipinski definition) is 3. The first kappa shape index (κ1) is 67.5. The topological polar surface area (TPSA) is 105 Å². The molecule has 0 rings (SSSR count). The van der Waals surface area contributed by atoms with Gasteiger partial charge in [-0.15, -0.1) is 0 Å². The van der Waals surface area contributed by atoms with E-state index < -0.39 is 20.0 Å². The Balaban J connectivity index is 4.19. The number of likely N-dealkylation sites (N-methyl/N-ethyl adjacent to an activating group) is 1. The van der Waals surface area contributed by atoms with Gasteiger partial charge in [0, 0.05) is 6.42 Å². The van der Waals surface area contributed by atoms with Crippen molar-refractivity contribution in [3.63, 3.8) is 0 Å². The number of nitrogens with one attached hydrogen (secondary N) is 1. The number of unbranched alkanes of at least 4 members (excludes halogenated alkanes) is 35. The number of carbonyl (C=O) groups excluding carboxylic acids is 1. The number of rotatable bonds is 54. The molecule has 0 spiro atoms. The predicted molar refractivity (Wildman–Crippen MR) is 300 cm³/mol. The first-order chi connectivity index (χ1) is 33.5. The van der Waals surface area contributed by atoms with Crippen molar-refractivity contribution in [2.75, 3.05) is 40.9 Å². The molecule has 0 aromatic carbocycles. The number of hydrogen-bond acceptors (Lipinski definition) is 5. The second kappa shape index (κ2) is 51.4. The third-order valence-electron chi connectivity index (χ3n) is 13.3. The lowest BCUT2D eigenvalue weighted by molar-refractivity contribution is -0.870. The van der Waals surface area contributed by atoms with E-state index in [-0.39, 0.29) is 19.1 Å². The van der Waals surface area contributed by atoms with Crippen LogP contribution in [0.15, 0.2) is 48.6 Å². The summed E-state index contributed by atoms with van der Waals surface area (Å²) >= 11 is 0. The molecule has 0 saturated carbocycles. The normalized spacial score (nSPS) is 14.2. The van der Waals surface area contributed by atoms with Crippen molar-refractivity contribution >= 4 is 13.7 Å². The number of phosphoric ester groups is 1. The third-order valence-corrected chi connectivity index (χ3v) is 14.3. The summed E-state index contributed by atoms with van der Waals surface area (Å²) in [6.07, 6.45) is 67.9. The number of carbonyl (C=O) groups is 1. The van der Waals surface area contributed by atoms with E-state index in [1.54, 1.807) is 6.08 Å². The average molecular weight is 993 g/mol. The van der Waals surface area contributed by atoms with Crippen LogP contribution in [0.4, 0.5) is 0 Å². The number of phosphoric acid groups is 1. The molecular formula is C60H116N2O6P+. The fourth-order valence-electron chi connectivity index (χ4n) is 8.64. The maximum Gasteiger partial charge on any atom is 0.472 e. The van der Waals surface area contributed by atoms with Crippen molar-refractivity contribution < 1.29 is 32.9 Å². The molecule has 8 nitrogen and oxygen atoms in total. The molecule has 3 atom stereocenters. The van der Waals surface area contributed by atoms with Crippen LogP contribution in [-0.4, -0.2) is 73.4 Å². The molecule has 0 fully saturated rings. The van der Waals surface area contributed by atoms with Crippen LogP contribution >= 0.6 is 7.82 Å². The molecule has 69 heavy (non-hydrogen) atoms. The molecule has 0 aliphatic rings. The Morgan fingerprint density at radius 3 is 1.23 bits per heavy atom. The highest BCUT2D eigenvalue weighted by Gasteiger charge is 2.27. The van der Waals surface area contributed by atoms with Gasteiger partial charge < -0.3 is 19.8 Å². The number of allylic oxidation sites excluding steroid dienone is 7. The van der Waals surface area contributed by atoms with Gasteiger partial charge in [-0.1, -0.05) is 262 Å². The average Bonchev–Trinajstić information content (AvgIpc) is 3.31. The van der Waals surface area contributed by atoms with Crippen molar-refractivity contribution in [1.82, 2.24) is 5.32 Å². The fourth-order valence-corrected chi connectivity index (χ4v) is 9.37. The molecule has 0 aliphatic carbocycles. The molecule has 3 N–H and O–H groups in total. The lowest BCUT2D eigenvalue weighted by Crippen LogP contribution is -2.45. The number of amides is 1. The summed E-state index contributed by atoms with van der Waals surface area (Å²) in [5, 5.41) is 13.9. The minimum atomic E-state index is -4.35. The number of quaternary nitrogens is 1. The summed E-state index contributed by atoms with van der Waals surface area (Å²) in [5.41, 5.74) is 0. The summed E-state index contributed by atoms with van der Waals surface area (Å²) in [6, 6.07) is -0.856. The van der Waals surface area contributed by atoms with Gasteiger partial charge in [-0.05, 0) is 57.8 Å². The molecule has 406 valence electrons. The van der Waals surface area contributed by atoms with Gasteiger partial charge in [0.05, 0.1) is 39.9 Å². The maximum absolute atomic E-state index is 13.0. The molecule has 0 radical (unpaired) electrons. The summed E-state index contributed by atoms with van der Waals surface area (Å²) in [7, 11) is 1.57. The maximum atomic E-state index is 13.0. The lowest BCUT2D eigenvalue weighted by Gasteiger charge is -2.25. The monoisotopic (exact) mass is 992 g/mol. The Labute approximate surface area is 429 Å². The number of aliphatic hydroxyl groups is 1. The quantitative estimate of drug-likeness (QED) is 0.0243. The van der Waals surface area contributed by atoms with Crippen molar-refractivity contribution in [3.8, 4) is 0 Å². The molecule has 0 aromatic heterocycles. The van der Waals surface area contributed by atoms with E-state index in [1.807, 2.05) is 27.2 Å². The number of aliphatic hydroxyl groups excluding tert-OH is 1. The van der Waals surface area contributed by atoms with Gasteiger partial charge in [0.15, 0.2) is 0 Å². The van der Waals surface area contributed by atoms with Crippen molar-refractivity contribution in [1.29, 1.82) is 0 Å². The smallest absolute Gasteiger partial charge is 0.387 e. The minimum Gasteiger partial charge on any atom is -0.387 e. The van der Waals surface area contributed by atoms with E-state index in [0.29, 0.717) is 17.4 Å². The molecule has 0 heterocycles. The first-order valence-electron chi connectivity index (χ1n) is 29.5. The summed E-state index contributed by atoms with van der Waals surface area (Å²) in [5.74, 6) is -0.188. The summed E-state index contributed by atoms with van der Waals surface area (Å²) < 4.78 is 23.7. The molecule has 3 unspecified atom stereocenters. The molecule has 0 aliphatic heterocycles. The molecule has 0 aromatic rings. The standard InChI is InChI=1S/C60H115N2O6P/c1-6-8-10-12-14-16-18-20-22-24-26-27-28-29-30-31-32-33-34-36-37-39-41-43-45-47-49-51-53-59(63)58(57-68-69(65,66)67-56-55-62(3,4)5)61-60(64)54-52-50-48-46-44-42-40-38-35-25-23-21-19-17-15-13-11-9-7-2/h15,17,21,23,35,38,51,53,58-59,63H,6-14,16,18-20,22,24-34,36-37,39-50,52,54-57H2,1-5H3,(H-,61,64,65,66)/p+1/b17-15-,23-21-,38-35-,53-51+. The highest BCUT2D eigenvalue weighted by atomic mass is 31.2. The molecule has 0 bridgehead atoms. The van der Waals surface area contributed by atoms with Crippen molar-refractivity contribution in [3.05, 3.63) is 48.6 Å². The Bertz CT molecular complexity index is 1260. The van der Waals surface area contributed by atoms with Crippen LogP contribution in [0.1, 0.15) is 277 Å². The molecular weight excluding hydrogens is 876 g/mol. The van der Waals surface area contributed by atoms with Gasteiger partial charge >= 0.3 is 7.82 Å². The van der Waals surface area contributed by atoms with Crippen LogP contribution in [-0.2, 0) is 18.4 Å². The van der Waals surface area contributed by atoms with Gasteiger partial charge in [0.25, 0.3) is 0 Å². The summed E-state index contributed by atoms with van der Waals surface area (Å²) in [4.78, 5) is 23.3. The van der Waals surface area contributed by atoms with Gasteiger partial charge in [-0.3, -0.25) is 13.8 Å². The Kier molecular flexibility index (Phi) is 50.2. The van der Waals surface area contributed by atoms with Crippen LogP contribution in [0.3, 0.4) is 0 Å². The summed E-state index contributed by atoms with van der Waals surface area (Å²) in [6.45, 7) is 4.80. The van der Waals surface area contributed by atoms with Gasteiger partial charge in [-0.25, -0.2) is 4.57 Å². The lowest BCUT2D eigenvalue weighted by atomic mass is 10.0. The Morgan fingerprint density at radius 1 is 0.493 bits per heavy atom. The minimum absolute atomic E-state index is 0.0578. The zero-order valence-electron chi connectivity index (χ0n) is 46.3. The highest BCUT2D eigenvalue weighted by molar-refractivity contribution is 7.47. The SMILES string of the molecule is CCCCC/C=C\C/C=C\C/C=C\CCCCCCCCC(=O)NC(COP(=O)(O)OCC[N+](C)(C)C)C(O)/C=C/CCCCCCCCCCCCCCCCCCCCCCCCCCCC. The zero-order chi connectivity index (χ0) is 50.6. The van der Waals surface area contributed by atoms with Crippen LogP contribution in [0.2, 0.25) is 0 Å².